The van der Waals surface area contributed by atoms with Crippen LogP contribution >= 0.6 is 0 Å². The molecule has 0 spiro atoms. The van der Waals surface area contributed by atoms with Gasteiger partial charge in [-0.05, 0) is 0 Å². The molecule has 25 heavy (non-hydrogen) atoms. The maximum absolute atomic E-state index is 13.6. The molecule has 1 atom stereocenters. The molecule has 0 aliphatic carbocycles. The summed E-state index contributed by atoms with van der Waals surface area (Å²) in [5.41, 5.74) is -8.28. The van der Waals surface area contributed by atoms with Crippen LogP contribution in [-0.2, 0) is 4.74 Å². The van der Waals surface area contributed by atoms with Gasteiger partial charge in [-0.15, -0.1) is 0 Å². The number of alkyl halides is 13. The van der Waals surface area contributed by atoms with E-state index in [4.69, 9.17) is 0 Å². The summed E-state index contributed by atoms with van der Waals surface area (Å²) in [5, 5.41) is 0. The summed E-state index contributed by atoms with van der Waals surface area (Å²) >= 11 is 0. The van der Waals surface area contributed by atoms with Crippen molar-refractivity contribution in [1.29, 1.82) is 0 Å². The number of halogens is 16. The molecule has 0 aliphatic rings. The number of hydrogen-bond donors (Lipinski definition) is 0. The molecule has 0 fully saturated rings. The summed E-state index contributed by atoms with van der Waals surface area (Å²) < 4.78 is 199. The predicted molar refractivity (Wildman–Crippen MR) is 42.2 cm³/mol. The Morgan fingerprint density at radius 3 is 1.04 bits per heavy atom. The first-order valence-electron chi connectivity index (χ1n) is 4.93. The Balaban J connectivity index is 7.06. The third-order valence-corrected chi connectivity index (χ3v) is 2.36. The van der Waals surface area contributed by atoms with Crippen LogP contribution < -0.4 is 0 Å². The van der Waals surface area contributed by atoms with Gasteiger partial charge in [-0.2, -0.15) is 65.9 Å². The van der Waals surface area contributed by atoms with Crippen LogP contribution in [0.4, 0.5) is 70.2 Å². The standard InChI is InChI=1S/C8F16O/c9-1(10)2(11)25-5(15,4(13,14)8(22,23)24)3(12,6(16,17)18)7(19,20)21. The lowest BCUT2D eigenvalue weighted by Crippen LogP contribution is -2.75. The highest BCUT2D eigenvalue weighted by molar-refractivity contribution is 5.15. The van der Waals surface area contributed by atoms with E-state index >= 15 is 0 Å². The van der Waals surface area contributed by atoms with Crippen molar-refractivity contribution in [1.82, 2.24) is 0 Å². The summed E-state index contributed by atoms with van der Waals surface area (Å²) in [6.07, 6.45) is -28.0. The van der Waals surface area contributed by atoms with Crippen molar-refractivity contribution >= 4 is 0 Å². The van der Waals surface area contributed by atoms with Crippen molar-refractivity contribution < 1.29 is 75.0 Å². The van der Waals surface area contributed by atoms with E-state index in [0.29, 0.717) is 0 Å². The van der Waals surface area contributed by atoms with Crippen molar-refractivity contribution in [3.8, 4) is 0 Å². The van der Waals surface area contributed by atoms with Gasteiger partial charge in [-0.25, -0.2) is 4.39 Å². The monoisotopic (exact) mass is 416 g/mol. The van der Waals surface area contributed by atoms with E-state index in [1.807, 2.05) is 0 Å². The fraction of sp³-hybridized carbons (Fsp3) is 0.750. The molecule has 0 aromatic rings. The molecule has 0 aliphatic heterocycles. The highest BCUT2D eigenvalue weighted by Gasteiger charge is 2.95. The quantitative estimate of drug-likeness (QED) is 0.420. The molecule has 150 valence electrons. The van der Waals surface area contributed by atoms with E-state index in [0.717, 1.165) is 0 Å². The molecule has 17 heteroatoms. The zero-order chi connectivity index (χ0) is 20.9. The average Bonchev–Trinajstić information content (AvgIpc) is 2.32. The van der Waals surface area contributed by atoms with E-state index in [2.05, 4.69) is 0 Å². The topological polar surface area (TPSA) is 9.23 Å². The lowest BCUT2D eigenvalue weighted by Gasteiger charge is -2.43. The van der Waals surface area contributed by atoms with Gasteiger partial charge in [0, 0.05) is 0 Å². The van der Waals surface area contributed by atoms with Crippen molar-refractivity contribution in [3.63, 3.8) is 0 Å². The molecule has 0 radical (unpaired) electrons. The SMILES string of the molecule is FC(F)=C(F)OC(F)(C(F)(F)C(F)(F)F)C(F)(C(F)(F)F)C(F)(F)F. The Kier molecular flexibility index (Phi) is 5.62. The molecule has 0 aromatic carbocycles. The van der Waals surface area contributed by atoms with Crippen molar-refractivity contribution in [2.24, 2.45) is 0 Å². The molecular weight excluding hydrogens is 416 g/mol. The smallest absolute Gasteiger partial charge is 0.420 e. The molecular formula is C8F16O. The first kappa shape index (κ1) is 23.4. The minimum Gasteiger partial charge on any atom is -0.420 e. The van der Waals surface area contributed by atoms with Gasteiger partial charge >= 0.3 is 48.1 Å². The van der Waals surface area contributed by atoms with Crippen LogP contribution in [0.1, 0.15) is 0 Å². The Morgan fingerprint density at radius 1 is 0.520 bits per heavy atom. The number of ether oxygens (including phenoxy) is 1. The Labute approximate surface area is 124 Å². The zero-order valence-corrected chi connectivity index (χ0v) is 10.5. The molecule has 0 bridgehead atoms. The normalized spacial score (nSPS) is 17.1. The third-order valence-electron chi connectivity index (χ3n) is 2.36. The van der Waals surface area contributed by atoms with E-state index in [1.54, 1.807) is 4.74 Å². The highest BCUT2D eigenvalue weighted by atomic mass is 19.4. The zero-order valence-electron chi connectivity index (χ0n) is 10.5. The van der Waals surface area contributed by atoms with Gasteiger partial charge in [-0.1, -0.05) is 0 Å². The minimum absolute atomic E-state index is 1.62. The predicted octanol–water partition coefficient (Wildman–Crippen LogP) is 5.73. The van der Waals surface area contributed by atoms with Crippen LogP contribution in [0.15, 0.2) is 12.1 Å². The summed E-state index contributed by atoms with van der Waals surface area (Å²) in [4.78, 5) is 0. The molecule has 0 saturated heterocycles. The molecule has 0 rings (SSSR count). The molecule has 0 heterocycles. The first-order chi connectivity index (χ1) is 10.6. The number of hydrogen-bond acceptors (Lipinski definition) is 1. The maximum atomic E-state index is 13.6. The van der Waals surface area contributed by atoms with Gasteiger partial charge < -0.3 is 4.74 Å². The fourth-order valence-electron chi connectivity index (χ4n) is 1.22. The Bertz CT molecular complexity index is 504. The van der Waals surface area contributed by atoms with Crippen LogP contribution in [-0.4, -0.2) is 36.0 Å². The molecule has 0 N–H and O–H groups in total. The van der Waals surface area contributed by atoms with E-state index in [-0.39, 0.29) is 0 Å². The minimum atomic E-state index is -8.28. The second-order valence-corrected chi connectivity index (χ2v) is 3.96. The second kappa shape index (κ2) is 6.00. The van der Waals surface area contributed by atoms with Crippen LogP contribution in [0.25, 0.3) is 0 Å². The lowest BCUT2D eigenvalue weighted by molar-refractivity contribution is -0.477. The van der Waals surface area contributed by atoms with Crippen LogP contribution in [0.3, 0.4) is 0 Å². The van der Waals surface area contributed by atoms with Gasteiger partial charge in [0.2, 0.25) is 0 Å². The maximum Gasteiger partial charge on any atom is 0.460 e. The van der Waals surface area contributed by atoms with Gasteiger partial charge in [0.05, 0.1) is 0 Å². The van der Waals surface area contributed by atoms with Crippen molar-refractivity contribution in [2.45, 2.75) is 36.0 Å². The van der Waals surface area contributed by atoms with Crippen molar-refractivity contribution in [2.75, 3.05) is 0 Å². The molecule has 0 saturated carbocycles. The largest absolute Gasteiger partial charge is 0.460 e. The summed E-state index contributed by atoms with van der Waals surface area (Å²) in [6, 6.07) is -4.37. The molecule has 0 aromatic heterocycles. The van der Waals surface area contributed by atoms with Crippen LogP contribution in [0.2, 0.25) is 0 Å². The van der Waals surface area contributed by atoms with Gasteiger partial charge in [0.15, 0.2) is 0 Å². The van der Waals surface area contributed by atoms with Crippen LogP contribution in [0.5, 0.6) is 0 Å². The molecule has 1 unspecified atom stereocenters. The second-order valence-electron chi connectivity index (χ2n) is 3.96. The summed E-state index contributed by atoms with van der Waals surface area (Å²) in [5.74, 6) is -16.2. The average molecular weight is 416 g/mol. The lowest BCUT2D eigenvalue weighted by atomic mass is 9.88. The van der Waals surface area contributed by atoms with Gasteiger partial charge in [0.25, 0.3) is 0 Å². The van der Waals surface area contributed by atoms with E-state index < -0.39 is 48.1 Å². The van der Waals surface area contributed by atoms with Gasteiger partial charge in [-0.3, -0.25) is 0 Å². The Hall–Kier alpha value is -1.58. The highest BCUT2D eigenvalue weighted by Crippen LogP contribution is 2.62. The van der Waals surface area contributed by atoms with Crippen molar-refractivity contribution in [3.05, 3.63) is 12.1 Å². The fourth-order valence-corrected chi connectivity index (χ4v) is 1.22. The van der Waals surface area contributed by atoms with Gasteiger partial charge in [0.1, 0.15) is 0 Å². The Morgan fingerprint density at radius 2 is 0.840 bits per heavy atom. The molecule has 1 nitrogen and oxygen atoms in total. The summed E-state index contributed by atoms with van der Waals surface area (Å²) in [7, 11) is 0. The third kappa shape index (κ3) is 3.40. The molecule has 0 amide bonds. The van der Waals surface area contributed by atoms with E-state index in [9.17, 15) is 70.2 Å². The van der Waals surface area contributed by atoms with E-state index in [1.165, 1.54) is 0 Å². The number of rotatable bonds is 4. The van der Waals surface area contributed by atoms with Crippen LogP contribution in [0, 0.1) is 0 Å². The summed E-state index contributed by atoms with van der Waals surface area (Å²) in [6.45, 7) is 0. The first-order valence-corrected chi connectivity index (χ1v) is 4.93.